The number of para-hydroxylation sites is 1. The minimum Gasteiger partial charge on any atom is -0.503 e. The van der Waals surface area contributed by atoms with Gasteiger partial charge in [0.25, 0.3) is 0 Å². The van der Waals surface area contributed by atoms with Crippen molar-refractivity contribution in [1.82, 2.24) is 34.3 Å². The number of aromatic nitrogens is 7. The van der Waals surface area contributed by atoms with Crippen LogP contribution < -0.4 is 9.47 Å². The van der Waals surface area contributed by atoms with Crippen molar-refractivity contribution in [2.24, 2.45) is 0 Å². The Morgan fingerprint density at radius 2 is 1.00 bits per heavy atom. The van der Waals surface area contributed by atoms with E-state index in [1.165, 1.54) is 0 Å². The predicted octanol–water partition coefficient (Wildman–Crippen LogP) is 9.82. The standard InChI is InChI=1S/C45H25N7O2.2Pd/c1-2-16-42-32(9-1)27-50-52(42)33-28-48-45(49-29-33)51-43-25-36(53-34-12-7-10-30(23-34)40-14-3-5-21-46-40)17-19-38(43)39-20-18-37(26-44(39)51)54-35-13-8-11-31(24-35)41-15-4-6-22-47-41;;/h1-22,27-29H;;/q-4;2*+2. The van der Waals surface area contributed by atoms with Gasteiger partial charge in [0.2, 0.25) is 5.95 Å². The Kier molecular flexibility index (Phi) is 10.3. The molecular formula is C45H25N7O2Pd2. The van der Waals surface area contributed by atoms with E-state index in [2.05, 4.69) is 39.3 Å². The molecule has 5 heterocycles. The molecule has 0 unspecified atom stereocenters. The maximum Gasteiger partial charge on any atom is 2.00 e. The third kappa shape index (κ3) is 7.02. The van der Waals surface area contributed by atoms with Crippen molar-refractivity contribution in [2.75, 3.05) is 0 Å². The van der Waals surface area contributed by atoms with Crippen molar-refractivity contribution >= 4 is 32.7 Å². The Hall–Kier alpha value is -6.33. The van der Waals surface area contributed by atoms with Crippen molar-refractivity contribution in [3.8, 4) is 57.1 Å². The summed E-state index contributed by atoms with van der Waals surface area (Å²) in [5.41, 5.74) is 6.37. The summed E-state index contributed by atoms with van der Waals surface area (Å²) in [6.07, 6.45) is 8.87. The molecule has 0 N–H and O–H groups in total. The molecule has 5 aromatic carbocycles. The molecule has 56 heavy (non-hydrogen) atoms. The van der Waals surface area contributed by atoms with Crippen LogP contribution >= 0.6 is 0 Å². The van der Waals surface area contributed by atoms with Crippen LogP contribution in [0.25, 0.3) is 66.9 Å². The monoisotopic (exact) mass is 907 g/mol. The van der Waals surface area contributed by atoms with E-state index in [-0.39, 0.29) is 40.8 Å². The molecule has 11 heteroatoms. The molecule has 272 valence electrons. The average Bonchev–Trinajstić information content (AvgIpc) is 3.81. The molecule has 9 nitrogen and oxygen atoms in total. The van der Waals surface area contributed by atoms with E-state index in [0.29, 0.717) is 40.0 Å². The maximum atomic E-state index is 6.35. The largest absolute Gasteiger partial charge is 2.00 e. The van der Waals surface area contributed by atoms with E-state index < -0.39 is 0 Å². The van der Waals surface area contributed by atoms with Gasteiger partial charge in [0.15, 0.2) is 0 Å². The van der Waals surface area contributed by atoms with Crippen LogP contribution in [0, 0.1) is 24.3 Å². The fourth-order valence-corrected chi connectivity index (χ4v) is 6.46. The van der Waals surface area contributed by atoms with Crippen molar-refractivity contribution in [3.63, 3.8) is 0 Å². The molecular weight excluding hydrogens is 883 g/mol. The molecule has 0 atom stereocenters. The second kappa shape index (κ2) is 15.8. The van der Waals surface area contributed by atoms with Gasteiger partial charge in [-0.1, -0.05) is 65.6 Å². The van der Waals surface area contributed by atoms with Crippen LogP contribution in [0.15, 0.2) is 152 Å². The Morgan fingerprint density at radius 1 is 0.464 bits per heavy atom. The molecule has 0 aliphatic carbocycles. The molecule has 0 spiro atoms. The van der Waals surface area contributed by atoms with Crippen LogP contribution in [0.3, 0.4) is 0 Å². The van der Waals surface area contributed by atoms with E-state index in [1.54, 1.807) is 24.8 Å². The summed E-state index contributed by atoms with van der Waals surface area (Å²) in [5, 5.41) is 7.44. The molecule has 0 bridgehead atoms. The summed E-state index contributed by atoms with van der Waals surface area (Å²) in [6.45, 7) is 0. The zero-order valence-corrected chi connectivity index (χ0v) is 32.1. The second-order valence-corrected chi connectivity index (χ2v) is 12.4. The Morgan fingerprint density at radius 3 is 1.55 bits per heavy atom. The summed E-state index contributed by atoms with van der Waals surface area (Å²) >= 11 is 0. The van der Waals surface area contributed by atoms with Crippen LogP contribution in [0.2, 0.25) is 0 Å². The topological polar surface area (TPSA) is 92.8 Å². The smallest absolute Gasteiger partial charge is 0.503 e. The first-order chi connectivity index (χ1) is 26.7. The van der Waals surface area contributed by atoms with Gasteiger partial charge in [-0.25, -0.2) is 14.6 Å². The summed E-state index contributed by atoms with van der Waals surface area (Å²) < 4.78 is 16.4. The van der Waals surface area contributed by atoms with Crippen LogP contribution in [-0.2, 0) is 40.8 Å². The zero-order chi connectivity index (χ0) is 35.8. The van der Waals surface area contributed by atoms with Crippen molar-refractivity contribution < 1.29 is 50.3 Å². The van der Waals surface area contributed by atoms with E-state index in [4.69, 9.17) is 19.4 Å². The minimum atomic E-state index is 0. The SMILES string of the molecule is [Pd+2].[Pd+2].[c-]1c(Oc2[c-]c3c(cc2)c2ccc(Oc4[c-]c(-c5ccccn5)ccc4)[c-]c2n3-c2ncc(-n3ncc4ccccc43)cn2)cccc1-c1ccccn1. The Balaban J connectivity index is 0.00000220. The molecule has 0 radical (unpaired) electrons. The van der Waals surface area contributed by atoms with Gasteiger partial charge in [-0.05, 0) is 29.6 Å². The van der Waals surface area contributed by atoms with Crippen LogP contribution in [0.5, 0.6) is 23.0 Å². The summed E-state index contributed by atoms with van der Waals surface area (Å²) in [7, 11) is 0. The molecule has 5 aromatic heterocycles. The average molecular weight is 909 g/mol. The fourth-order valence-electron chi connectivity index (χ4n) is 6.46. The Bertz CT molecular complexity index is 2810. The number of rotatable bonds is 8. The first-order valence-electron chi connectivity index (χ1n) is 17.2. The number of pyridine rings is 2. The number of benzene rings is 5. The number of hydrogen-bond acceptors (Lipinski definition) is 7. The van der Waals surface area contributed by atoms with E-state index in [1.807, 2.05) is 137 Å². The number of fused-ring (bicyclic) bond motifs is 4. The zero-order valence-electron chi connectivity index (χ0n) is 29.0. The Labute approximate surface area is 349 Å². The van der Waals surface area contributed by atoms with E-state index in [9.17, 15) is 0 Å². The van der Waals surface area contributed by atoms with Gasteiger partial charge in [-0.15, -0.1) is 71.8 Å². The van der Waals surface area contributed by atoms with Gasteiger partial charge in [-0.3, -0.25) is 0 Å². The molecule has 10 aromatic rings. The maximum absolute atomic E-state index is 6.35. The van der Waals surface area contributed by atoms with Gasteiger partial charge in [0, 0.05) is 40.8 Å². The number of ether oxygens (including phenoxy) is 2. The predicted molar refractivity (Wildman–Crippen MR) is 206 cm³/mol. The first kappa shape index (κ1) is 36.6. The number of nitrogens with zero attached hydrogens (tertiary/aromatic N) is 7. The number of hydrogen-bond donors (Lipinski definition) is 0. The van der Waals surface area contributed by atoms with Crippen LogP contribution in [0.4, 0.5) is 0 Å². The van der Waals surface area contributed by atoms with Gasteiger partial charge in [0.1, 0.15) is 5.69 Å². The van der Waals surface area contributed by atoms with Crippen LogP contribution in [0.1, 0.15) is 0 Å². The van der Waals surface area contributed by atoms with Crippen LogP contribution in [-0.4, -0.2) is 34.3 Å². The molecule has 0 amide bonds. The second-order valence-electron chi connectivity index (χ2n) is 12.4. The molecule has 10 rings (SSSR count). The quantitative estimate of drug-likeness (QED) is 0.111. The molecule has 0 aliphatic rings. The van der Waals surface area contributed by atoms with Gasteiger partial charge in [0.05, 0.1) is 24.1 Å². The molecule has 0 saturated carbocycles. The fraction of sp³-hybridized carbons (Fsp3) is 0. The molecule has 0 saturated heterocycles. The van der Waals surface area contributed by atoms with E-state index in [0.717, 1.165) is 49.9 Å². The van der Waals surface area contributed by atoms with E-state index >= 15 is 0 Å². The van der Waals surface area contributed by atoms with Crippen molar-refractivity contribution in [1.29, 1.82) is 0 Å². The summed E-state index contributed by atoms with van der Waals surface area (Å²) in [6, 6.07) is 52.5. The van der Waals surface area contributed by atoms with Gasteiger partial charge >= 0.3 is 40.8 Å². The first-order valence-corrected chi connectivity index (χ1v) is 17.2. The summed E-state index contributed by atoms with van der Waals surface area (Å²) in [5.74, 6) is 2.49. The third-order valence-corrected chi connectivity index (χ3v) is 8.94. The van der Waals surface area contributed by atoms with Crippen molar-refractivity contribution in [2.45, 2.75) is 0 Å². The minimum absolute atomic E-state index is 0. The van der Waals surface area contributed by atoms with Gasteiger partial charge < -0.3 is 24.0 Å². The van der Waals surface area contributed by atoms with Gasteiger partial charge in [-0.2, -0.15) is 28.0 Å². The molecule has 0 aliphatic heterocycles. The van der Waals surface area contributed by atoms with Crippen molar-refractivity contribution in [3.05, 3.63) is 177 Å². The normalized spacial score (nSPS) is 10.9. The summed E-state index contributed by atoms with van der Waals surface area (Å²) in [4.78, 5) is 18.6. The third-order valence-electron chi connectivity index (χ3n) is 8.94. The molecule has 0 fully saturated rings.